The fourth-order valence-corrected chi connectivity index (χ4v) is 2.71. The lowest BCUT2D eigenvalue weighted by molar-refractivity contribution is -0.150. The summed E-state index contributed by atoms with van der Waals surface area (Å²) in [4.78, 5) is 0. The molecule has 0 saturated heterocycles. The van der Waals surface area contributed by atoms with E-state index in [0.29, 0.717) is 15.6 Å². The van der Waals surface area contributed by atoms with Crippen LogP contribution in [0.4, 0.5) is 17.6 Å². The molecule has 114 valence electrons. The molecule has 0 aliphatic heterocycles. The van der Waals surface area contributed by atoms with Crippen molar-refractivity contribution in [3.63, 3.8) is 0 Å². The van der Waals surface area contributed by atoms with Gasteiger partial charge in [-0.2, -0.15) is 8.78 Å². The van der Waals surface area contributed by atoms with Crippen LogP contribution in [0.1, 0.15) is 22.7 Å². The summed E-state index contributed by atoms with van der Waals surface area (Å²) in [7, 11) is 2.54. The second-order valence-electron chi connectivity index (χ2n) is 4.44. The van der Waals surface area contributed by atoms with Crippen molar-refractivity contribution in [2.75, 3.05) is 14.2 Å². The van der Waals surface area contributed by atoms with Gasteiger partial charge in [-0.3, -0.25) is 0 Å². The van der Waals surface area contributed by atoms with E-state index in [2.05, 4.69) is 21.2 Å². The molecule has 1 aromatic rings. The van der Waals surface area contributed by atoms with E-state index in [4.69, 9.17) is 4.74 Å². The highest BCUT2D eigenvalue weighted by Gasteiger charge is 2.50. The van der Waals surface area contributed by atoms with E-state index in [1.54, 1.807) is 19.9 Å². The molecule has 1 rings (SSSR count). The first kappa shape index (κ1) is 17.2. The molecule has 0 aliphatic carbocycles. The Bertz CT molecular complexity index is 494. The molecule has 1 unspecified atom stereocenters. The van der Waals surface area contributed by atoms with Crippen LogP contribution in [0.25, 0.3) is 0 Å². The molecule has 0 aromatic heterocycles. The highest BCUT2D eigenvalue weighted by molar-refractivity contribution is 9.10. The van der Waals surface area contributed by atoms with Gasteiger partial charge in [0.2, 0.25) is 0 Å². The zero-order chi connectivity index (χ0) is 15.7. The lowest BCUT2D eigenvalue weighted by atomic mass is 9.93. The summed E-state index contributed by atoms with van der Waals surface area (Å²) in [5.41, 5.74) is 1.06. The second kappa shape index (κ2) is 6.30. The molecular formula is C13H16BrF4NO. The number of hydrogen-bond acceptors (Lipinski definition) is 2. The summed E-state index contributed by atoms with van der Waals surface area (Å²) in [6, 6.07) is -0.140. The summed E-state index contributed by atoms with van der Waals surface area (Å²) in [5, 5.41) is 2.28. The monoisotopic (exact) mass is 357 g/mol. The second-order valence-corrected chi connectivity index (χ2v) is 5.30. The molecular weight excluding hydrogens is 342 g/mol. The predicted octanol–water partition coefficient (Wildman–Crippen LogP) is 4.24. The summed E-state index contributed by atoms with van der Waals surface area (Å²) in [5.74, 6) is -4.02. The number of alkyl halides is 4. The summed E-state index contributed by atoms with van der Waals surface area (Å²) in [6.45, 7) is 3.24. The number of benzene rings is 1. The molecule has 1 atom stereocenters. The lowest BCUT2D eigenvalue weighted by Crippen LogP contribution is -2.41. The smallest absolute Gasteiger partial charge is 0.326 e. The van der Waals surface area contributed by atoms with Crippen molar-refractivity contribution >= 4 is 15.9 Å². The highest BCUT2D eigenvalue weighted by Crippen LogP contribution is 2.44. The van der Waals surface area contributed by atoms with Crippen LogP contribution in [0.5, 0.6) is 5.75 Å². The van der Waals surface area contributed by atoms with Gasteiger partial charge in [0.1, 0.15) is 11.8 Å². The summed E-state index contributed by atoms with van der Waals surface area (Å²) in [6.07, 6.45) is -3.77. The molecule has 0 fully saturated rings. The molecule has 1 aromatic carbocycles. The Morgan fingerprint density at radius 1 is 1.30 bits per heavy atom. The third-order valence-corrected chi connectivity index (χ3v) is 3.99. The number of aryl methyl sites for hydroxylation is 1. The Labute approximate surface area is 123 Å². The van der Waals surface area contributed by atoms with Crippen molar-refractivity contribution in [1.29, 1.82) is 0 Å². The van der Waals surface area contributed by atoms with Gasteiger partial charge in [0.15, 0.2) is 0 Å². The Hall–Kier alpha value is -0.820. The average Bonchev–Trinajstić information content (AvgIpc) is 2.35. The fourth-order valence-electron chi connectivity index (χ4n) is 2.15. The zero-order valence-corrected chi connectivity index (χ0v) is 13.1. The van der Waals surface area contributed by atoms with Gasteiger partial charge in [0.05, 0.1) is 7.11 Å². The molecule has 0 bridgehead atoms. The minimum Gasteiger partial charge on any atom is -0.496 e. The molecule has 0 heterocycles. The SMILES string of the molecule is CNC(c1c(C)c(Br)cc(C)c1OC)C(F)(F)C(F)F. The van der Waals surface area contributed by atoms with Crippen LogP contribution < -0.4 is 10.1 Å². The van der Waals surface area contributed by atoms with Gasteiger partial charge in [0, 0.05) is 10.0 Å². The minimum atomic E-state index is -4.21. The first-order valence-electron chi connectivity index (χ1n) is 5.85. The maximum Gasteiger partial charge on any atom is 0.326 e. The molecule has 0 amide bonds. The lowest BCUT2D eigenvalue weighted by Gasteiger charge is -2.29. The molecule has 20 heavy (non-hydrogen) atoms. The summed E-state index contributed by atoms with van der Waals surface area (Å²) < 4.78 is 58.6. The van der Waals surface area contributed by atoms with Gasteiger partial charge >= 0.3 is 12.3 Å². The van der Waals surface area contributed by atoms with E-state index in [9.17, 15) is 17.6 Å². The maximum absolute atomic E-state index is 13.8. The molecule has 0 spiro atoms. The van der Waals surface area contributed by atoms with Crippen LogP contribution >= 0.6 is 15.9 Å². The molecule has 0 radical (unpaired) electrons. The van der Waals surface area contributed by atoms with Gasteiger partial charge in [-0.05, 0) is 38.1 Å². The van der Waals surface area contributed by atoms with Gasteiger partial charge in [-0.15, -0.1) is 0 Å². The van der Waals surface area contributed by atoms with E-state index < -0.39 is 18.4 Å². The number of hydrogen-bond donors (Lipinski definition) is 1. The third kappa shape index (κ3) is 2.93. The topological polar surface area (TPSA) is 21.3 Å². The van der Waals surface area contributed by atoms with Gasteiger partial charge in [-0.1, -0.05) is 15.9 Å². The number of nitrogens with one attached hydrogen (secondary N) is 1. The van der Waals surface area contributed by atoms with E-state index in [1.807, 2.05) is 0 Å². The Morgan fingerprint density at radius 2 is 1.85 bits per heavy atom. The first-order chi connectivity index (χ1) is 9.18. The van der Waals surface area contributed by atoms with Gasteiger partial charge < -0.3 is 10.1 Å². The molecule has 0 aliphatic rings. The first-order valence-corrected chi connectivity index (χ1v) is 6.64. The Balaban J connectivity index is 3.57. The Morgan fingerprint density at radius 3 is 2.25 bits per heavy atom. The van der Waals surface area contributed by atoms with E-state index >= 15 is 0 Å². The van der Waals surface area contributed by atoms with Crippen molar-refractivity contribution in [1.82, 2.24) is 5.32 Å². The van der Waals surface area contributed by atoms with Crippen LogP contribution in [0.3, 0.4) is 0 Å². The number of rotatable bonds is 5. The van der Waals surface area contributed by atoms with E-state index in [-0.39, 0.29) is 11.3 Å². The molecule has 1 N–H and O–H groups in total. The van der Waals surface area contributed by atoms with Gasteiger partial charge in [0.25, 0.3) is 0 Å². The van der Waals surface area contributed by atoms with Crippen LogP contribution in [0, 0.1) is 13.8 Å². The van der Waals surface area contributed by atoms with Crippen molar-refractivity contribution in [3.05, 3.63) is 27.2 Å². The number of halogens is 5. The van der Waals surface area contributed by atoms with E-state index in [1.165, 1.54) is 14.2 Å². The quantitative estimate of drug-likeness (QED) is 0.796. The zero-order valence-electron chi connectivity index (χ0n) is 11.5. The molecule has 0 saturated carbocycles. The predicted molar refractivity (Wildman–Crippen MR) is 72.9 cm³/mol. The maximum atomic E-state index is 13.8. The minimum absolute atomic E-state index is 0.0344. The van der Waals surface area contributed by atoms with Crippen molar-refractivity contribution in [2.45, 2.75) is 32.2 Å². The fraction of sp³-hybridized carbons (Fsp3) is 0.538. The standard InChI is InChI=1S/C13H16BrF4NO/c1-6-5-8(14)7(2)9(10(6)20-4)11(19-3)13(17,18)12(15)16/h5,11-12,19H,1-4H3. The van der Waals surface area contributed by atoms with Crippen LogP contribution in [0.2, 0.25) is 0 Å². The normalized spacial score (nSPS) is 13.7. The van der Waals surface area contributed by atoms with Crippen molar-refractivity contribution in [3.8, 4) is 5.75 Å². The average molecular weight is 358 g/mol. The largest absolute Gasteiger partial charge is 0.496 e. The summed E-state index contributed by atoms with van der Waals surface area (Å²) >= 11 is 3.25. The Kier molecular flexibility index (Phi) is 5.43. The van der Waals surface area contributed by atoms with Crippen LogP contribution in [-0.4, -0.2) is 26.5 Å². The van der Waals surface area contributed by atoms with Crippen LogP contribution in [-0.2, 0) is 0 Å². The van der Waals surface area contributed by atoms with E-state index in [0.717, 1.165) is 0 Å². The number of methoxy groups -OCH3 is 1. The molecule has 2 nitrogen and oxygen atoms in total. The van der Waals surface area contributed by atoms with Crippen molar-refractivity contribution < 1.29 is 22.3 Å². The molecule has 7 heteroatoms. The number of ether oxygens (including phenoxy) is 1. The highest BCUT2D eigenvalue weighted by atomic mass is 79.9. The van der Waals surface area contributed by atoms with Crippen molar-refractivity contribution in [2.24, 2.45) is 0 Å². The van der Waals surface area contributed by atoms with Crippen LogP contribution in [0.15, 0.2) is 10.5 Å². The third-order valence-electron chi connectivity index (χ3n) is 3.17. The van der Waals surface area contributed by atoms with Gasteiger partial charge in [-0.25, -0.2) is 8.78 Å².